The third kappa shape index (κ3) is 2.03. The number of ether oxygens (including phenoxy) is 1. The number of carbonyl (C=O) groups excluding carboxylic acids is 2. The number of hydrogen-bond donors (Lipinski definition) is 1. The number of nitrogens with one attached hydrogen (secondary N) is 1. The van der Waals surface area contributed by atoms with Crippen LogP contribution < -0.4 is 5.32 Å². The van der Waals surface area contributed by atoms with Gasteiger partial charge in [-0.3, -0.25) is 4.79 Å². The molecule has 3 rings (SSSR count). The smallest absolute Gasteiger partial charge is 0.337 e. The molecule has 0 fully saturated rings. The highest BCUT2D eigenvalue weighted by Crippen LogP contribution is 2.44. The fourth-order valence-electron chi connectivity index (χ4n) is 2.53. The Morgan fingerprint density at radius 1 is 1.42 bits per heavy atom. The van der Waals surface area contributed by atoms with Gasteiger partial charge < -0.3 is 10.1 Å². The molecule has 1 aromatic rings. The first kappa shape index (κ1) is 12.9. The average molecular weight is 342 g/mol. The first-order chi connectivity index (χ1) is 8.88. The quantitative estimate of drug-likeness (QED) is 0.799. The molecule has 0 unspecified atom stereocenters. The van der Waals surface area contributed by atoms with Crippen molar-refractivity contribution in [3.8, 4) is 0 Å². The van der Waals surface area contributed by atoms with Crippen molar-refractivity contribution in [1.29, 1.82) is 0 Å². The molecular formula is C13H12BrNO3S. The van der Waals surface area contributed by atoms with E-state index in [4.69, 9.17) is 4.74 Å². The molecule has 6 heteroatoms. The third-order valence-electron chi connectivity index (χ3n) is 3.38. The summed E-state index contributed by atoms with van der Waals surface area (Å²) in [5, 5.41) is 2.79. The lowest BCUT2D eigenvalue weighted by Crippen LogP contribution is -2.38. The molecule has 2 aliphatic rings. The number of amides is 1. The van der Waals surface area contributed by atoms with Crippen molar-refractivity contribution < 1.29 is 14.3 Å². The van der Waals surface area contributed by atoms with Crippen LogP contribution in [0.2, 0.25) is 0 Å². The lowest BCUT2D eigenvalue weighted by atomic mass is 9.86. The number of thiophene rings is 1. The van der Waals surface area contributed by atoms with Crippen LogP contribution in [0.4, 0.5) is 0 Å². The number of cyclic esters (lactones) is 1. The van der Waals surface area contributed by atoms with Crippen molar-refractivity contribution in [1.82, 2.24) is 5.32 Å². The van der Waals surface area contributed by atoms with Gasteiger partial charge in [-0.25, -0.2) is 4.79 Å². The second kappa shape index (κ2) is 4.18. The van der Waals surface area contributed by atoms with Crippen LogP contribution in [0.3, 0.4) is 0 Å². The van der Waals surface area contributed by atoms with E-state index in [1.165, 1.54) is 0 Å². The summed E-state index contributed by atoms with van der Waals surface area (Å²) in [4.78, 5) is 25.0. The fourth-order valence-corrected chi connectivity index (χ4v) is 4.07. The number of halogens is 1. The van der Waals surface area contributed by atoms with Crippen molar-refractivity contribution in [3.05, 3.63) is 32.1 Å². The van der Waals surface area contributed by atoms with Gasteiger partial charge in [0, 0.05) is 17.2 Å². The highest BCUT2D eigenvalue weighted by Gasteiger charge is 2.47. The molecule has 0 saturated heterocycles. The molecule has 19 heavy (non-hydrogen) atoms. The molecule has 4 nitrogen and oxygen atoms in total. The minimum Gasteiger partial charge on any atom is -0.450 e. The minimum atomic E-state index is -0.755. The van der Waals surface area contributed by atoms with Crippen molar-refractivity contribution in [2.45, 2.75) is 31.8 Å². The van der Waals surface area contributed by atoms with E-state index in [1.54, 1.807) is 25.2 Å². The predicted molar refractivity (Wildman–Crippen MR) is 74.7 cm³/mol. The molecule has 1 aromatic heterocycles. The summed E-state index contributed by atoms with van der Waals surface area (Å²) in [5.74, 6) is -0.594. The average Bonchev–Trinajstić information content (AvgIpc) is 2.81. The van der Waals surface area contributed by atoms with Crippen molar-refractivity contribution in [2.24, 2.45) is 0 Å². The van der Waals surface area contributed by atoms with E-state index in [2.05, 4.69) is 21.2 Å². The van der Waals surface area contributed by atoms with Gasteiger partial charge in [-0.05, 0) is 41.9 Å². The Hall–Kier alpha value is -1.14. The Balaban J connectivity index is 2.12. The normalized spacial score (nSPS) is 25.1. The summed E-state index contributed by atoms with van der Waals surface area (Å²) in [6.45, 7) is 3.58. The summed E-state index contributed by atoms with van der Waals surface area (Å²) in [6, 6.07) is 3.87. The predicted octanol–water partition coefficient (Wildman–Crippen LogP) is 2.70. The number of carbonyl (C=O) groups is 2. The highest BCUT2D eigenvalue weighted by atomic mass is 79.9. The van der Waals surface area contributed by atoms with Crippen LogP contribution in [-0.4, -0.2) is 17.5 Å². The molecule has 0 bridgehead atoms. The summed E-state index contributed by atoms with van der Waals surface area (Å²) in [7, 11) is 0. The lowest BCUT2D eigenvalue weighted by molar-refractivity contribution is -0.144. The first-order valence-corrected chi connectivity index (χ1v) is 7.52. The summed E-state index contributed by atoms with van der Waals surface area (Å²) in [5.41, 5.74) is 0.456. The van der Waals surface area contributed by atoms with Crippen LogP contribution in [0.25, 0.3) is 0 Å². The van der Waals surface area contributed by atoms with Gasteiger partial charge in [0.2, 0.25) is 5.91 Å². The van der Waals surface area contributed by atoms with Crippen molar-refractivity contribution in [3.63, 3.8) is 0 Å². The summed E-state index contributed by atoms with van der Waals surface area (Å²) < 4.78 is 6.36. The minimum absolute atomic E-state index is 0.0698. The Bertz CT molecular complexity index is 617. The van der Waals surface area contributed by atoms with E-state index in [-0.39, 0.29) is 24.2 Å². The Kier molecular flexibility index (Phi) is 2.83. The molecular weight excluding hydrogens is 330 g/mol. The van der Waals surface area contributed by atoms with Crippen LogP contribution in [-0.2, 0) is 14.3 Å². The standard InChI is InChI=1S/C13H12BrNO3S/c1-13(2)11-10(12(17)18-13)6(5-9(16)15-11)7-3-4-8(14)19-7/h3-4,6H,5H2,1-2H3,(H,15,16)/t6-/m0/s1. The molecule has 0 spiro atoms. The van der Waals surface area contributed by atoms with Gasteiger partial charge >= 0.3 is 5.97 Å². The zero-order chi connectivity index (χ0) is 13.8. The van der Waals surface area contributed by atoms with E-state index in [0.29, 0.717) is 11.3 Å². The SMILES string of the molecule is CC1(C)OC(=O)C2=C1NC(=O)C[C@H]2c1ccc(Br)s1. The summed E-state index contributed by atoms with van der Waals surface area (Å²) >= 11 is 4.95. The highest BCUT2D eigenvalue weighted by molar-refractivity contribution is 9.11. The zero-order valence-corrected chi connectivity index (χ0v) is 12.9. The van der Waals surface area contributed by atoms with Gasteiger partial charge in [-0.15, -0.1) is 11.3 Å². The van der Waals surface area contributed by atoms with Crippen molar-refractivity contribution in [2.75, 3.05) is 0 Å². The first-order valence-electron chi connectivity index (χ1n) is 5.91. The van der Waals surface area contributed by atoms with E-state index in [9.17, 15) is 9.59 Å². The molecule has 0 saturated carbocycles. The molecule has 1 N–H and O–H groups in total. The molecule has 1 amide bonds. The molecule has 2 aliphatic heterocycles. The van der Waals surface area contributed by atoms with Gasteiger partial charge in [-0.1, -0.05) is 0 Å². The number of esters is 1. The summed E-state index contributed by atoms with van der Waals surface area (Å²) in [6.07, 6.45) is 0.289. The van der Waals surface area contributed by atoms with Crippen LogP contribution in [0.15, 0.2) is 27.2 Å². The van der Waals surface area contributed by atoms with Crippen molar-refractivity contribution >= 4 is 39.1 Å². The van der Waals surface area contributed by atoms with E-state index in [0.717, 1.165) is 8.66 Å². The number of rotatable bonds is 1. The topological polar surface area (TPSA) is 55.4 Å². The fraction of sp³-hybridized carbons (Fsp3) is 0.385. The molecule has 3 heterocycles. The Morgan fingerprint density at radius 2 is 2.16 bits per heavy atom. The van der Waals surface area contributed by atoms with Crippen LogP contribution in [0.1, 0.15) is 31.1 Å². The number of hydrogen-bond acceptors (Lipinski definition) is 4. The van der Waals surface area contributed by atoms with Gasteiger partial charge in [0.05, 0.1) is 15.1 Å². The van der Waals surface area contributed by atoms with E-state index >= 15 is 0 Å². The van der Waals surface area contributed by atoms with E-state index < -0.39 is 5.60 Å². The molecule has 1 atom stereocenters. The lowest BCUT2D eigenvalue weighted by Gasteiger charge is -2.26. The second-order valence-corrected chi connectivity index (χ2v) is 7.63. The van der Waals surface area contributed by atoms with Crippen LogP contribution in [0, 0.1) is 0 Å². The molecule has 0 radical (unpaired) electrons. The van der Waals surface area contributed by atoms with Crippen LogP contribution >= 0.6 is 27.3 Å². The van der Waals surface area contributed by atoms with E-state index in [1.807, 2.05) is 12.1 Å². The van der Waals surface area contributed by atoms with Gasteiger partial charge in [0.15, 0.2) is 0 Å². The Morgan fingerprint density at radius 3 is 2.79 bits per heavy atom. The maximum Gasteiger partial charge on any atom is 0.337 e. The molecule has 0 aliphatic carbocycles. The monoisotopic (exact) mass is 341 g/mol. The van der Waals surface area contributed by atoms with Gasteiger partial charge in [-0.2, -0.15) is 0 Å². The molecule has 100 valence electrons. The largest absolute Gasteiger partial charge is 0.450 e. The van der Waals surface area contributed by atoms with Gasteiger partial charge in [0.1, 0.15) is 5.60 Å². The maximum absolute atomic E-state index is 12.1. The second-order valence-electron chi connectivity index (χ2n) is 5.14. The van der Waals surface area contributed by atoms with Crippen LogP contribution in [0.5, 0.6) is 0 Å². The Labute approximate surface area is 123 Å². The zero-order valence-electron chi connectivity index (χ0n) is 10.5. The molecule has 0 aromatic carbocycles. The third-order valence-corrected chi connectivity index (χ3v) is 5.12. The maximum atomic E-state index is 12.1. The van der Waals surface area contributed by atoms with Gasteiger partial charge in [0.25, 0.3) is 0 Å².